The average Bonchev–Trinajstić information content (AvgIpc) is 2.52. The molecule has 0 radical (unpaired) electrons. The molecule has 0 saturated carbocycles. The number of likely N-dealkylation sites (tertiary alicyclic amines) is 1. The number of pyridine rings is 1. The predicted octanol–water partition coefficient (Wildman–Crippen LogP) is 0.682. The molecule has 0 unspecified atom stereocenters. The number of carbonyl (C=O) groups excluding carboxylic acids is 1. The van der Waals surface area contributed by atoms with Gasteiger partial charge in [0.05, 0.1) is 6.26 Å². The van der Waals surface area contributed by atoms with Crippen LogP contribution >= 0.6 is 0 Å². The molecule has 8 heteroatoms. The highest BCUT2D eigenvalue weighted by atomic mass is 32.2. The molecule has 0 spiro atoms. The molecule has 2 aromatic rings. The summed E-state index contributed by atoms with van der Waals surface area (Å²) in [5.74, 6) is -0.373. The summed E-state index contributed by atoms with van der Waals surface area (Å²) in [4.78, 5) is 29.2. The Morgan fingerprint density at radius 2 is 2.08 bits per heavy atom. The first-order valence-corrected chi connectivity index (χ1v) is 9.61. The van der Waals surface area contributed by atoms with Gasteiger partial charge in [0, 0.05) is 24.6 Å². The number of rotatable bonds is 3. The zero-order valence-electron chi connectivity index (χ0n) is 13.3. The van der Waals surface area contributed by atoms with Crippen molar-refractivity contribution in [3.8, 4) is 0 Å². The van der Waals surface area contributed by atoms with E-state index in [1.165, 1.54) is 4.90 Å². The molecule has 0 bridgehead atoms. The Labute approximate surface area is 139 Å². The van der Waals surface area contributed by atoms with Gasteiger partial charge in [0.1, 0.15) is 5.56 Å². The third-order valence-corrected chi connectivity index (χ3v) is 4.83. The summed E-state index contributed by atoms with van der Waals surface area (Å²) in [5.41, 5.74) is 0.319. The summed E-state index contributed by atoms with van der Waals surface area (Å²) in [5, 5.41) is 0.781. The fourth-order valence-corrected chi connectivity index (χ4v) is 3.84. The van der Waals surface area contributed by atoms with Gasteiger partial charge in [0.2, 0.25) is 10.0 Å². The highest BCUT2D eigenvalue weighted by Gasteiger charge is 2.27. The van der Waals surface area contributed by atoms with Gasteiger partial charge in [0.25, 0.3) is 11.5 Å². The van der Waals surface area contributed by atoms with Crippen LogP contribution in [-0.2, 0) is 10.0 Å². The molecule has 7 nitrogen and oxygen atoms in total. The molecule has 1 aromatic heterocycles. The molecule has 2 N–H and O–H groups in total. The lowest BCUT2D eigenvalue weighted by molar-refractivity contribution is 0.0701. The second-order valence-electron chi connectivity index (χ2n) is 6.08. The van der Waals surface area contributed by atoms with E-state index in [1.807, 2.05) is 18.2 Å². The third kappa shape index (κ3) is 3.65. The van der Waals surface area contributed by atoms with Gasteiger partial charge in [-0.05, 0) is 30.4 Å². The monoisotopic (exact) mass is 349 g/mol. The van der Waals surface area contributed by atoms with E-state index in [0.717, 1.165) is 11.6 Å². The van der Waals surface area contributed by atoms with Crippen LogP contribution in [0.5, 0.6) is 0 Å². The van der Waals surface area contributed by atoms with E-state index < -0.39 is 15.6 Å². The van der Waals surface area contributed by atoms with Crippen molar-refractivity contribution in [2.24, 2.45) is 0 Å². The van der Waals surface area contributed by atoms with Crippen molar-refractivity contribution in [3.05, 3.63) is 46.2 Å². The molecule has 1 amide bonds. The lowest BCUT2D eigenvalue weighted by Crippen LogP contribution is -2.50. The fraction of sp³-hybridized carbons (Fsp3) is 0.375. The highest BCUT2D eigenvalue weighted by molar-refractivity contribution is 7.88. The molecule has 1 fully saturated rings. The molecule has 128 valence electrons. The van der Waals surface area contributed by atoms with Crippen LogP contribution in [0.25, 0.3) is 10.9 Å². The number of carbonyl (C=O) groups is 1. The van der Waals surface area contributed by atoms with Gasteiger partial charge in [-0.2, -0.15) is 0 Å². The minimum absolute atomic E-state index is 0.0775. The number of hydrogen-bond acceptors (Lipinski definition) is 4. The van der Waals surface area contributed by atoms with Crippen LogP contribution in [0.4, 0.5) is 0 Å². The van der Waals surface area contributed by atoms with Crippen LogP contribution in [0, 0.1) is 0 Å². The van der Waals surface area contributed by atoms with Crippen LogP contribution in [0.3, 0.4) is 0 Å². The van der Waals surface area contributed by atoms with E-state index in [-0.39, 0.29) is 24.1 Å². The number of piperidine rings is 1. The van der Waals surface area contributed by atoms with E-state index in [0.29, 0.717) is 24.9 Å². The largest absolute Gasteiger partial charge is 0.337 e. The number of nitrogens with zero attached hydrogens (tertiary/aromatic N) is 1. The van der Waals surface area contributed by atoms with Crippen LogP contribution < -0.4 is 10.3 Å². The van der Waals surface area contributed by atoms with E-state index >= 15 is 0 Å². The number of aromatic nitrogens is 1. The Kier molecular flexibility index (Phi) is 4.42. The van der Waals surface area contributed by atoms with Crippen LogP contribution in [0.1, 0.15) is 23.2 Å². The van der Waals surface area contributed by atoms with E-state index in [4.69, 9.17) is 0 Å². The second kappa shape index (κ2) is 6.37. The van der Waals surface area contributed by atoms with Crippen molar-refractivity contribution < 1.29 is 13.2 Å². The van der Waals surface area contributed by atoms with Crippen molar-refractivity contribution >= 4 is 26.8 Å². The summed E-state index contributed by atoms with van der Waals surface area (Å²) in [6.07, 6.45) is 2.46. The SMILES string of the molecule is CS(=O)(=O)N[C@@H]1CCCN(C(=O)c2cc3ccccc3[nH]c2=O)C1. The van der Waals surface area contributed by atoms with Gasteiger partial charge >= 0.3 is 0 Å². The summed E-state index contributed by atoms with van der Waals surface area (Å²) >= 11 is 0. The summed E-state index contributed by atoms with van der Waals surface area (Å²) in [6, 6.07) is 8.51. The number of sulfonamides is 1. The second-order valence-corrected chi connectivity index (χ2v) is 7.86. The number of amides is 1. The van der Waals surface area contributed by atoms with Crippen molar-refractivity contribution in [2.75, 3.05) is 19.3 Å². The normalized spacial score (nSPS) is 18.7. The van der Waals surface area contributed by atoms with Crippen molar-refractivity contribution in [3.63, 3.8) is 0 Å². The smallest absolute Gasteiger partial charge is 0.261 e. The van der Waals surface area contributed by atoms with E-state index in [9.17, 15) is 18.0 Å². The average molecular weight is 349 g/mol. The summed E-state index contributed by atoms with van der Waals surface area (Å²) in [7, 11) is -3.33. The minimum Gasteiger partial charge on any atom is -0.337 e. The first-order valence-electron chi connectivity index (χ1n) is 7.72. The van der Waals surface area contributed by atoms with Gasteiger partial charge in [-0.1, -0.05) is 18.2 Å². The number of nitrogens with one attached hydrogen (secondary N) is 2. The topological polar surface area (TPSA) is 99.3 Å². The van der Waals surface area contributed by atoms with Gasteiger partial charge in [-0.3, -0.25) is 9.59 Å². The third-order valence-electron chi connectivity index (χ3n) is 4.07. The highest BCUT2D eigenvalue weighted by Crippen LogP contribution is 2.15. The molecule has 1 aromatic carbocycles. The molecular weight excluding hydrogens is 330 g/mol. The predicted molar refractivity (Wildman–Crippen MR) is 91.5 cm³/mol. The summed E-state index contributed by atoms with van der Waals surface area (Å²) in [6.45, 7) is 0.769. The van der Waals surface area contributed by atoms with Crippen molar-refractivity contribution in [2.45, 2.75) is 18.9 Å². The molecule has 1 saturated heterocycles. The molecule has 2 heterocycles. The lowest BCUT2D eigenvalue weighted by atomic mass is 10.1. The summed E-state index contributed by atoms with van der Waals surface area (Å²) < 4.78 is 25.3. The quantitative estimate of drug-likeness (QED) is 0.851. The van der Waals surface area contributed by atoms with Gasteiger partial charge < -0.3 is 9.88 Å². The zero-order chi connectivity index (χ0) is 17.3. The Morgan fingerprint density at radius 1 is 1.33 bits per heavy atom. The zero-order valence-corrected chi connectivity index (χ0v) is 14.1. The number of aromatic amines is 1. The van der Waals surface area contributed by atoms with Gasteiger partial charge in [-0.25, -0.2) is 13.1 Å². The lowest BCUT2D eigenvalue weighted by Gasteiger charge is -2.32. The number of benzene rings is 1. The number of hydrogen-bond donors (Lipinski definition) is 2. The molecule has 1 aliphatic heterocycles. The Morgan fingerprint density at radius 3 is 2.83 bits per heavy atom. The number of H-pyrrole nitrogens is 1. The Bertz CT molecular complexity index is 936. The standard InChI is InChI=1S/C16H19N3O4S/c1-24(22,23)18-12-6-4-8-19(10-12)16(21)13-9-11-5-2-3-7-14(11)17-15(13)20/h2-3,5,7,9,12,18H,4,6,8,10H2,1H3,(H,17,20)/t12-/m1/s1. The van der Waals surface area contributed by atoms with E-state index in [1.54, 1.807) is 12.1 Å². The number of fused-ring (bicyclic) bond motifs is 1. The molecule has 1 aliphatic rings. The van der Waals surface area contributed by atoms with Gasteiger partial charge in [0.15, 0.2) is 0 Å². The molecule has 3 rings (SSSR count). The molecular formula is C16H19N3O4S. The van der Waals surface area contributed by atoms with Gasteiger partial charge in [-0.15, -0.1) is 0 Å². The van der Waals surface area contributed by atoms with E-state index in [2.05, 4.69) is 9.71 Å². The molecule has 0 aliphatic carbocycles. The fourth-order valence-electron chi connectivity index (χ4n) is 3.04. The van der Waals surface area contributed by atoms with Crippen molar-refractivity contribution in [1.82, 2.24) is 14.6 Å². The number of para-hydroxylation sites is 1. The molecule has 1 atom stereocenters. The van der Waals surface area contributed by atoms with Crippen LogP contribution in [-0.4, -0.2) is 49.6 Å². The van der Waals surface area contributed by atoms with Crippen LogP contribution in [0.2, 0.25) is 0 Å². The van der Waals surface area contributed by atoms with Crippen molar-refractivity contribution in [1.29, 1.82) is 0 Å². The maximum absolute atomic E-state index is 12.7. The first-order chi connectivity index (χ1) is 11.3. The minimum atomic E-state index is -3.33. The van der Waals surface area contributed by atoms with Crippen LogP contribution in [0.15, 0.2) is 35.1 Å². The first kappa shape index (κ1) is 16.7. The Hall–Kier alpha value is -2.19. The maximum atomic E-state index is 12.7. The maximum Gasteiger partial charge on any atom is 0.261 e. The Balaban J connectivity index is 1.86. The molecule has 24 heavy (non-hydrogen) atoms.